The van der Waals surface area contributed by atoms with E-state index in [4.69, 9.17) is 26.0 Å². The van der Waals surface area contributed by atoms with Crippen LogP contribution in [0, 0.1) is 0 Å². The fourth-order valence-electron chi connectivity index (χ4n) is 5.27. The molecule has 0 aliphatic rings. The lowest BCUT2D eigenvalue weighted by atomic mass is 9.84. The van der Waals surface area contributed by atoms with Gasteiger partial charge in [-0.25, -0.2) is 0 Å². The van der Waals surface area contributed by atoms with Crippen molar-refractivity contribution in [2.75, 3.05) is 0 Å². The molecule has 0 aliphatic heterocycles. The lowest BCUT2D eigenvalue weighted by molar-refractivity contribution is 1.63. The predicted octanol–water partition coefficient (Wildman–Crippen LogP) is 12.5. The summed E-state index contributed by atoms with van der Waals surface area (Å²) in [6, 6.07) is -22.9. The van der Waals surface area contributed by atoms with Crippen molar-refractivity contribution < 1.29 is 35.6 Å². The number of benzene rings is 8. The zero-order valence-corrected chi connectivity index (χ0v) is 22.2. The van der Waals surface area contributed by atoms with Crippen LogP contribution < -0.4 is 0 Å². The van der Waals surface area contributed by atoms with Gasteiger partial charge in [0, 0.05) is 20.2 Å². The second-order valence-corrected chi connectivity index (χ2v) is 10.3. The monoisotopic (exact) mass is 588 g/mol. The van der Waals surface area contributed by atoms with E-state index in [1.165, 1.54) is 0 Å². The highest BCUT2D eigenvalue weighted by atomic mass is 32.1. The average Bonchev–Trinajstić information content (AvgIpc) is 3.72. The van der Waals surface area contributed by atoms with Crippen LogP contribution in [0.15, 0.2) is 157 Å². The Balaban J connectivity index is 1.64. The molecular weight excluding hydrogens is 537 g/mol. The van der Waals surface area contributed by atoms with Gasteiger partial charge in [-0.1, -0.05) is 139 Å². The first-order valence-electron chi connectivity index (χ1n) is 25.7. The summed E-state index contributed by atoms with van der Waals surface area (Å²) >= 11 is 0.654. The van der Waals surface area contributed by atoms with Crippen LogP contribution in [-0.4, -0.2) is 0 Å². The van der Waals surface area contributed by atoms with Crippen molar-refractivity contribution in [2.24, 2.45) is 0 Å². The molecule has 200 valence electrons. The summed E-state index contributed by atoms with van der Waals surface area (Å²) in [5, 5.41) is -4.58. The maximum atomic E-state index is 9.83. The summed E-state index contributed by atoms with van der Waals surface area (Å²) in [4.78, 5) is 0. The average molecular weight is 589 g/mol. The minimum absolute atomic E-state index is 0.145. The first kappa shape index (κ1) is 9.91. The van der Waals surface area contributed by atoms with E-state index in [2.05, 4.69) is 0 Å². The molecule has 1 aromatic heterocycles. The first-order chi connectivity index (χ1) is 32.2. The molecule has 9 rings (SSSR count). The Labute approximate surface area is 290 Å². The first-order valence-corrected chi connectivity index (χ1v) is 13.5. The summed E-state index contributed by atoms with van der Waals surface area (Å²) in [6.07, 6.45) is 0. The van der Waals surface area contributed by atoms with Crippen LogP contribution >= 0.6 is 11.3 Å². The van der Waals surface area contributed by atoms with Gasteiger partial charge in [-0.3, -0.25) is 0 Å². The zero-order chi connectivity index (χ0) is 51.0. The number of hydrogen-bond donors (Lipinski definition) is 0. The van der Waals surface area contributed by atoms with Crippen molar-refractivity contribution in [3.8, 4) is 33.4 Å². The summed E-state index contributed by atoms with van der Waals surface area (Å²) in [5.41, 5.74) is -4.29. The van der Waals surface area contributed by atoms with E-state index >= 15 is 0 Å². The van der Waals surface area contributed by atoms with Crippen molar-refractivity contribution in [3.63, 3.8) is 0 Å². The van der Waals surface area contributed by atoms with Gasteiger partial charge in [0.25, 0.3) is 0 Å². The maximum absolute atomic E-state index is 9.83. The number of thiophene rings is 1. The molecule has 0 spiro atoms. The Hall–Kier alpha value is -5.24. The van der Waals surface area contributed by atoms with Gasteiger partial charge in [0.1, 0.15) is 0 Å². The van der Waals surface area contributed by atoms with Gasteiger partial charge >= 0.3 is 0 Å². The minimum atomic E-state index is -1.06. The second-order valence-electron chi connectivity index (χ2n) is 9.26. The van der Waals surface area contributed by atoms with Crippen molar-refractivity contribution in [3.05, 3.63) is 157 Å². The normalized spacial score (nSPS) is 20.2. The fourth-order valence-corrected chi connectivity index (χ4v) is 6.24. The summed E-state index contributed by atoms with van der Waals surface area (Å²) in [7, 11) is 0. The topological polar surface area (TPSA) is 0 Å². The molecule has 0 fully saturated rings. The molecule has 0 nitrogen and oxygen atoms in total. The predicted molar refractivity (Wildman–Crippen MR) is 188 cm³/mol. The smallest absolute Gasteiger partial charge is 0.0638 e. The van der Waals surface area contributed by atoms with E-state index in [-0.39, 0.29) is 20.2 Å². The van der Waals surface area contributed by atoms with Crippen molar-refractivity contribution in [2.45, 2.75) is 0 Å². The van der Waals surface area contributed by atoms with E-state index in [9.17, 15) is 9.60 Å². The lowest BCUT2D eigenvalue weighted by Gasteiger charge is -2.19. The SMILES string of the molecule is [2H]c1c([2H])c(-c2c([2H])c([2H])c([2H])c3c([2H])c([2H])c([2H])c([2H])c23)c([2H])c(-c2c3c([2H])c([2H])c([2H])c([2H])c3c(-c3c([2H])c([2H])c([2H])c4sc5c([2H])c([2H])c([2H])c([2H])c5c34)c3c([2H])c([2H])c([2H])c([2H])c23)c1[2H]. The van der Waals surface area contributed by atoms with Crippen LogP contribution in [0.1, 0.15) is 35.6 Å². The highest BCUT2D eigenvalue weighted by molar-refractivity contribution is 7.25. The molecule has 0 saturated carbocycles. The number of rotatable bonds is 3. The van der Waals surface area contributed by atoms with Crippen LogP contribution in [0.25, 0.3) is 85.9 Å². The Bertz CT molecular complexity index is 3880. The molecule has 0 N–H and O–H groups in total. The van der Waals surface area contributed by atoms with Gasteiger partial charge in [0.05, 0.1) is 35.6 Å². The molecule has 0 radical (unpaired) electrons. The van der Waals surface area contributed by atoms with Gasteiger partial charge in [-0.05, 0) is 83.8 Å². The number of fused-ring (bicyclic) bond motifs is 6. The van der Waals surface area contributed by atoms with Crippen LogP contribution in [-0.2, 0) is 0 Å². The quantitative estimate of drug-likeness (QED) is 0.180. The van der Waals surface area contributed by atoms with Gasteiger partial charge in [-0.2, -0.15) is 0 Å². The fraction of sp³-hybridized carbons (Fsp3) is 0. The third kappa shape index (κ3) is 3.75. The Morgan fingerprint density at radius 1 is 0.372 bits per heavy atom. The minimum Gasteiger partial charge on any atom is -0.135 e. The Morgan fingerprint density at radius 3 is 1.65 bits per heavy atom. The largest absolute Gasteiger partial charge is 0.135 e. The molecule has 43 heavy (non-hydrogen) atoms. The molecule has 9 aromatic rings. The third-order valence-electron chi connectivity index (χ3n) is 7.01. The molecule has 0 atom stereocenters. The lowest BCUT2D eigenvalue weighted by Crippen LogP contribution is -1.91. The van der Waals surface area contributed by atoms with Crippen LogP contribution in [0.5, 0.6) is 0 Å². The standard InChI is InChI=1S/C42H26S/c1-2-16-30-27(12-1)13-10-22-31(30)28-14-9-15-29(26-28)40-32-17-3-5-19-34(32)41(35-20-6-4-18-33(35)40)37-23-11-25-39-42(37)36-21-7-8-24-38(36)43-39/h1-26H/i1D,2D,3D,4D,5D,6D,7D,8D,9D,10D,11D,12D,13D,14D,15D,16D,17D,18D,19D,20D,21D,22D,23D,24D,25D,26D. The number of hydrogen-bond acceptors (Lipinski definition) is 1. The van der Waals surface area contributed by atoms with Crippen LogP contribution in [0.3, 0.4) is 0 Å². The molecule has 1 heterocycles. The van der Waals surface area contributed by atoms with Gasteiger partial charge < -0.3 is 0 Å². The van der Waals surface area contributed by atoms with E-state index < -0.39 is 223 Å². The molecule has 0 bridgehead atoms. The van der Waals surface area contributed by atoms with Crippen molar-refractivity contribution in [1.29, 1.82) is 0 Å². The third-order valence-corrected chi connectivity index (χ3v) is 8.03. The van der Waals surface area contributed by atoms with Crippen LogP contribution in [0.2, 0.25) is 0 Å². The molecule has 8 aromatic carbocycles. The Morgan fingerprint density at radius 2 is 0.884 bits per heavy atom. The second kappa shape index (κ2) is 9.66. The van der Waals surface area contributed by atoms with E-state index in [1.54, 1.807) is 0 Å². The highest BCUT2D eigenvalue weighted by Crippen LogP contribution is 2.48. The van der Waals surface area contributed by atoms with Gasteiger partial charge in [-0.15, -0.1) is 11.3 Å². The molecule has 0 unspecified atom stereocenters. The van der Waals surface area contributed by atoms with Crippen molar-refractivity contribution >= 4 is 63.8 Å². The van der Waals surface area contributed by atoms with E-state index in [1.807, 2.05) is 0 Å². The summed E-state index contributed by atoms with van der Waals surface area (Å²) in [5.74, 6) is 0. The molecule has 0 amide bonds. The molecular formula is C42H26S. The van der Waals surface area contributed by atoms with Crippen LogP contribution in [0.4, 0.5) is 0 Å². The zero-order valence-electron chi connectivity index (χ0n) is 47.4. The Kier molecular flexibility index (Phi) is 2.23. The molecule has 0 saturated heterocycles. The summed E-state index contributed by atoms with van der Waals surface area (Å²) < 4.78 is 233. The van der Waals surface area contributed by atoms with Crippen molar-refractivity contribution in [1.82, 2.24) is 0 Å². The molecule has 1 heteroatoms. The maximum Gasteiger partial charge on any atom is 0.0638 e. The molecule has 0 aliphatic carbocycles. The van der Waals surface area contributed by atoms with Gasteiger partial charge in [0.2, 0.25) is 0 Å². The van der Waals surface area contributed by atoms with E-state index in [0.29, 0.717) is 11.3 Å². The highest BCUT2D eigenvalue weighted by Gasteiger charge is 2.19. The van der Waals surface area contributed by atoms with E-state index in [0.717, 1.165) is 0 Å². The van der Waals surface area contributed by atoms with Gasteiger partial charge in [0.15, 0.2) is 0 Å². The summed E-state index contributed by atoms with van der Waals surface area (Å²) in [6.45, 7) is 0.